The van der Waals surface area contributed by atoms with Crippen molar-refractivity contribution < 1.29 is 0 Å². The van der Waals surface area contributed by atoms with E-state index < -0.39 is 0 Å². The molecule has 0 aromatic carbocycles. The largest absolute Gasteiger partial charge is 0.353 e. The Morgan fingerprint density at radius 1 is 1.33 bits per heavy atom. The molecule has 1 heterocycles. The number of aromatic nitrogens is 1. The molecule has 1 rings (SSSR count). The molecule has 0 N–H and O–H groups in total. The molecular weight excluding hydrogens is 246 g/mol. The van der Waals surface area contributed by atoms with Crippen LogP contribution >= 0.6 is 11.6 Å². The fourth-order valence-corrected chi connectivity index (χ4v) is 2.49. The number of halogens is 1. The van der Waals surface area contributed by atoms with Crippen LogP contribution in [-0.2, 0) is 5.88 Å². The van der Waals surface area contributed by atoms with Gasteiger partial charge < -0.3 is 9.80 Å². The molecule has 102 valence electrons. The zero-order valence-electron chi connectivity index (χ0n) is 12.1. The van der Waals surface area contributed by atoms with E-state index in [0.717, 1.165) is 30.2 Å². The van der Waals surface area contributed by atoms with Crippen molar-refractivity contribution in [1.82, 2.24) is 9.88 Å². The summed E-state index contributed by atoms with van der Waals surface area (Å²) in [6.07, 6.45) is 0. The Morgan fingerprint density at radius 3 is 2.44 bits per heavy atom. The Bertz CT molecular complexity index is 379. The molecular formula is C14H24ClN3. The topological polar surface area (TPSA) is 19.4 Å². The van der Waals surface area contributed by atoms with Crippen molar-refractivity contribution in [3.05, 3.63) is 23.4 Å². The first-order valence-corrected chi connectivity index (χ1v) is 6.96. The lowest BCUT2D eigenvalue weighted by atomic mass is 10.2. The predicted molar refractivity (Wildman–Crippen MR) is 79.6 cm³/mol. The summed E-state index contributed by atoms with van der Waals surface area (Å²) >= 11 is 5.87. The van der Waals surface area contributed by atoms with Crippen molar-refractivity contribution in [2.24, 2.45) is 0 Å². The smallest absolute Gasteiger partial charge is 0.129 e. The maximum atomic E-state index is 5.87. The van der Waals surface area contributed by atoms with Crippen molar-refractivity contribution >= 4 is 17.4 Å². The Hall–Kier alpha value is -0.800. The number of aryl methyl sites for hydroxylation is 1. The van der Waals surface area contributed by atoms with E-state index in [1.165, 1.54) is 0 Å². The van der Waals surface area contributed by atoms with E-state index in [1.54, 1.807) is 0 Å². The molecule has 0 aliphatic heterocycles. The van der Waals surface area contributed by atoms with Gasteiger partial charge in [0.05, 0.1) is 0 Å². The summed E-state index contributed by atoms with van der Waals surface area (Å²) in [5.41, 5.74) is 2.13. The third kappa shape index (κ3) is 3.85. The zero-order chi connectivity index (χ0) is 13.7. The fourth-order valence-electron chi connectivity index (χ4n) is 2.20. The van der Waals surface area contributed by atoms with Crippen LogP contribution in [0, 0.1) is 6.92 Å². The molecule has 0 bridgehead atoms. The van der Waals surface area contributed by atoms with Gasteiger partial charge in [-0.05, 0) is 46.5 Å². The number of hydrogen-bond donors (Lipinski definition) is 0. The molecule has 0 radical (unpaired) electrons. The van der Waals surface area contributed by atoms with E-state index in [0.29, 0.717) is 11.9 Å². The van der Waals surface area contributed by atoms with Gasteiger partial charge in [0.25, 0.3) is 0 Å². The standard InChI is InChI=1S/C14H24ClN3/c1-6-18(11(2)10-17(4)5)14-8-7-13(9-15)12(3)16-14/h7-8,11H,6,9-10H2,1-5H3. The number of pyridine rings is 1. The SMILES string of the molecule is CCN(c1ccc(CCl)c(C)n1)C(C)CN(C)C. The van der Waals surface area contributed by atoms with Gasteiger partial charge in [0, 0.05) is 30.7 Å². The highest BCUT2D eigenvalue weighted by molar-refractivity contribution is 6.17. The number of alkyl halides is 1. The quantitative estimate of drug-likeness (QED) is 0.741. The molecule has 1 atom stereocenters. The molecule has 0 saturated heterocycles. The molecule has 0 aliphatic carbocycles. The van der Waals surface area contributed by atoms with Crippen LogP contribution in [0.25, 0.3) is 0 Å². The van der Waals surface area contributed by atoms with Crippen LogP contribution in [0.15, 0.2) is 12.1 Å². The minimum atomic E-state index is 0.443. The van der Waals surface area contributed by atoms with Gasteiger partial charge in [0.15, 0.2) is 0 Å². The minimum Gasteiger partial charge on any atom is -0.353 e. The van der Waals surface area contributed by atoms with Gasteiger partial charge in [-0.3, -0.25) is 0 Å². The van der Waals surface area contributed by atoms with Crippen molar-refractivity contribution in [3.63, 3.8) is 0 Å². The van der Waals surface area contributed by atoms with Crippen molar-refractivity contribution in [1.29, 1.82) is 0 Å². The Balaban J connectivity index is 2.91. The lowest BCUT2D eigenvalue weighted by Gasteiger charge is -2.31. The van der Waals surface area contributed by atoms with Gasteiger partial charge in [-0.2, -0.15) is 0 Å². The number of likely N-dealkylation sites (N-methyl/N-ethyl adjacent to an activating group) is 2. The Kier molecular flexibility index (Phi) is 5.89. The second kappa shape index (κ2) is 6.95. The molecule has 4 heteroatoms. The third-order valence-electron chi connectivity index (χ3n) is 3.12. The summed E-state index contributed by atoms with van der Waals surface area (Å²) in [6, 6.07) is 4.59. The van der Waals surface area contributed by atoms with Crippen LogP contribution in [0.2, 0.25) is 0 Å². The summed E-state index contributed by atoms with van der Waals surface area (Å²) in [5.74, 6) is 1.57. The molecule has 0 aliphatic rings. The summed E-state index contributed by atoms with van der Waals surface area (Å²) in [4.78, 5) is 9.19. The molecule has 18 heavy (non-hydrogen) atoms. The summed E-state index contributed by atoms with van der Waals surface area (Å²) < 4.78 is 0. The van der Waals surface area contributed by atoms with Crippen molar-refractivity contribution in [3.8, 4) is 0 Å². The monoisotopic (exact) mass is 269 g/mol. The molecule has 0 saturated carbocycles. The van der Waals surface area contributed by atoms with E-state index in [9.17, 15) is 0 Å². The number of nitrogens with zero attached hydrogens (tertiary/aromatic N) is 3. The first kappa shape index (κ1) is 15.3. The fraction of sp³-hybridized carbons (Fsp3) is 0.643. The van der Waals surface area contributed by atoms with E-state index in [-0.39, 0.29) is 0 Å². The van der Waals surface area contributed by atoms with Crippen molar-refractivity contribution in [2.75, 3.05) is 32.1 Å². The van der Waals surface area contributed by atoms with Crippen LogP contribution < -0.4 is 4.90 Å². The first-order valence-electron chi connectivity index (χ1n) is 6.43. The minimum absolute atomic E-state index is 0.443. The van der Waals surface area contributed by atoms with Gasteiger partial charge in [0.2, 0.25) is 0 Å². The van der Waals surface area contributed by atoms with Gasteiger partial charge in [-0.25, -0.2) is 4.98 Å². The highest BCUT2D eigenvalue weighted by atomic mass is 35.5. The van der Waals surface area contributed by atoms with Gasteiger partial charge in [-0.15, -0.1) is 11.6 Å². The average Bonchev–Trinajstić information content (AvgIpc) is 2.29. The number of anilines is 1. The van der Waals surface area contributed by atoms with E-state index in [4.69, 9.17) is 11.6 Å². The predicted octanol–water partition coefficient (Wildman–Crippen LogP) is 2.91. The lowest BCUT2D eigenvalue weighted by molar-refractivity contribution is 0.372. The molecule has 1 aromatic rings. The van der Waals surface area contributed by atoms with Crippen LogP contribution in [0.3, 0.4) is 0 Å². The third-order valence-corrected chi connectivity index (χ3v) is 3.41. The Labute approximate surface area is 116 Å². The van der Waals surface area contributed by atoms with Crippen LogP contribution in [0.5, 0.6) is 0 Å². The van der Waals surface area contributed by atoms with E-state index in [1.807, 2.05) is 6.92 Å². The summed E-state index contributed by atoms with van der Waals surface area (Å²) in [6.45, 7) is 8.40. The van der Waals surface area contributed by atoms with Gasteiger partial charge in [-0.1, -0.05) is 6.07 Å². The van der Waals surface area contributed by atoms with Gasteiger partial charge >= 0.3 is 0 Å². The van der Waals surface area contributed by atoms with Crippen LogP contribution in [0.1, 0.15) is 25.1 Å². The molecule has 1 aromatic heterocycles. The zero-order valence-corrected chi connectivity index (χ0v) is 12.8. The number of hydrogen-bond acceptors (Lipinski definition) is 3. The average molecular weight is 270 g/mol. The summed E-state index contributed by atoms with van der Waals surface area (Å²) in [7, 11) is 4.19. The second-order valence-corrected chi connectivity index (χ2v) is 5.21. The maximum absolute atomic E-state index is 5.87. The Morgan fingerprint density at radius 2 is 2.00 bits per heavy atom. The normalized spacial score (nSPS) is 12.8. The van der Waals surface area contributed by atoms with Gasteiger partial charge in [0.1, 0.15) is 5.82 Å². The van der Waals surface area contributed by atoms with E-state index in [2.05, 4.69) is 54.9 Å². The second-order valence-electron chi connectivity index (χ2n) is 4.94. The van der Waals surface area contributed by atoms with E-state index >= 15 is 0 Å². The first-order chi connectivity index (χ1) is 8.49. The molecule has 1 unspecified atom stereocenters. The lowest BCUT2D eigenvalue weighted by Crippen LogP contribution is -2.40. The maximum Gasteiger partial charge on any atom is 0.129 e. The van der Waals surface area contributed by atoms with Crippen LogP contribution in [-0.4, -0.2) is 43.1 Å². The molecule has 0 amide bonds. The molecule has 0 fully saturated rings. The van der Waals surface area contributed by atoms with Crippen molar-refractivity contribution in [2.45, 2.75) is 32.7 Å². The highest BCUT2D eigenvalue weighted by Gasteiger charge is 2.15. The molecule has 0 spiro atoms. The number of rotatable bonds is 6. The summed E-state index contributed by atoms with van der Waals surface area (Å²) in [5, 5.41) is 0. The van der Waals surface area contributed by atoms with Crippen LogP contribution in [0.4, 0.5) is 5.82 Å². The molecule has 3 nitrogen and oxygen atoms in total. The highest BCUT2D eigenvalue weighted by Crippen LogP contribution is 2.18.